The number of hydrogen-bond acceptors (Lipinski definition) is 4. The van der Waals surface area contributed by atoms with Gasteiger partial charge in [-0.05, 0) is 24.3 Å². The molecular formula is C12H7F3N2O4S. The largest absolute Gasteiger partial charge is 0.306 e. The number of nitrogens with one attached hydrogen (secondary N) is 1. The number of nitrogens with zero attached hydrogens (tertiary/aromatic N) is 1. The fourth-order valence-corrected chi connectivity index (χ4v) is 2.76. The molecule has 0 heterocycles. The molecule has 0 aliphatic rings. The van der Waals surface area contributed by atoms with Crippen molar-refractivity contribution in [1.82, 2.24) is 0 Å². The molecule has 2 aromatic rings. The van der Waals surface area contributed by atoms with E-state index in [-0.39, 0.29) is 5.69 Å². The second-order valence-corrected chi connectivity index (χ2v) is 5.73. The minimum Gasteiger partial charge on any atom is -0.279 e. The van der Waals surface area contributed by atoms with Crippen LogP contribution < -0.4 is 4.72 Å². The Labute approximate surface area is 122 Å². The van der Waals surface area contributed by atoms with E-state index in [1.807, 2.05) is 4.72 Å². The zero-order chi connectivity index (χ0) is 16.5. The van der Waals surface area contributed by atoms with Crippen molar-refractivity contribution in [3.05, 3.63) is 64.0 Å². The SMILES string of the molecule is O=[N+]([O-])c1cc(NS(=O)(=O)c2cccc(F)c2F)ccc1F. The Bertz CT molecular complexity index is 855. The van der Waals surface area contributed by atoms with Crippen LogP contribution in [0.3, 0.4) is 0 Å². The minimum atomic E-state index is -4.53. The summed E-state index contributed by atoms with van der Waals surface area (Å²) in [6.07, 6.45) is 0. The van der Waals surface area contributed by atoms with Crippen LogP contribution in [0, 0.1) is 27.6 Å². The van der Waals surface area contributed by atoms with Gasteiger partial charge < -0.3 is 0 Å². The van der Waals surface area contributed by atoms with Gasteiger partial charge in [0.25, 0.3) is 10.0 Å². The molecule has 0 saturated carbocycles. The van der Waals surface area contributed by atoms with Gasteiger partial charge in [0.05, 0.1) is 10.6 Å². The number of hydrogen-bond donors (Lipinski definition) is 1. The molecule has 2 aromatic carbocycles. The fourth-order valence-electron chi connectivity index (χ4n) is 1.62. The van der Waals surface area contributed by atoms with Crippen LogP contribution in [0.25, 0.3) is 0 Å². The lowest BCUT2D eigenvalue weighted by Gasteiger charge is -2.09. The summed E-state index contributed by atoms with van der Waals surface area (Å²) in [6, 6.07) is 4.76. The van der Waals surface area contributed by atoms with E-state index in [1.54, 1.807) is 0 Å². The van der Waals surface area contributed by atoms with Crippen molar-refractivity contribution in [3.63, 3.8) is 0 Å². The van der Waals surface area contributed by atoms with Crippen LogP contribution in [0.15, 0.2) is 41.3 Å². The monoisotopic (exact) mass is 332 g/mol. The van der Waals surface area contributed by atoms with E-state index in [0.29, 0.717) is 12.1 Å². The van der Waals surface area contributed by atoms with E-state index in [9.17, 15) is 31.7 Å². The summed E-state index contributed by atoms with van der Waals surface area (Å²) in [6.45, 7) is 0. The van der Waals surface area contributed by atoms with Crippen LogP contribution in [-0.4, -0.2) is 13.3 Å². The summed E-state index contributed by atoms with van der Waals surface area (Å²) in [5, 5.41) is 10.6. The summed E-state index contributed by atoms with van der Waals surface area (Å²) < 4.78 is 65.5. The van der Waals surface area contributed by atoms with Crippen LogP contribution in [0.4, 0.5) is 24.5 Å². The Balaban J connectivity index is 2.43. The first-order valence-corrected chi connectivity index (χ1v) is 7.11. The molecule has 116 valence electrons. The minimum absolute atomic E-state index is 0.364. The van der Waals surface area contributed by atoms with Gasteiger partial charge in [0, 0.05) is 6.07 Å². The fraction of sp³-hybridized carbons (Fsp3) is 0. The predicted molar refractivity (Wildman–Crippen MR) is 70.2 cm³/mol. The number of benzene rings is 2. The van der Waals surface area contributed by atoms with Crippen molar-refractivity contribution >= 4 is 21.4 Å². The van der Waals surface area contributed by atoms with Crippen LogP contribution >= 0.6 is 0 Å². The first kappa shape index (κ1) is 15.8. The van der Waals surface area contributed by atoms with Gasteiger partial charge in [-0.1, -0.05) is 6.07 Å². The van der Waals surface area contributed by atoms with Gasteiger partial charge in [0.1, 0.15) is 4.90 Å². The number of nitro benzene ring substituents is 1. The molecule has 6 nitrogen and oxygen atoms in total. The highest BCUT2D eigenvalue weighted by Gasteiger charge is 2.23. The Hall–Kier alpha value is -2.62. The molecule has 0 spiro atoms. The van der Waals surface area contributed by atoms with Gasteiger partial charge in [0.15, 0.2) is 11.6 Å². The van der Waals surface area contributed by atoms with Gasteiger partial charge in [0.2, 0.25) is 5.82 Å². The highest BCUT2D eigenvalue weighted by atomic mass is 32.2. The molecule has 2 rings (SSSR count). The third-order valence-electron chi connectivity index (χ3n) is 2.60. The zero-order valence-electron chi connectivity index (χ0n) is 10.6. The van der Waals surface area contributed by atoms with E-state index in [2.05, 4.69) is 0 Å². The van der Waals surface area contributed by atoms with Crippen molar-refractivity contribution in [3.8, 4) is 0 Å². The first-order chi connectivity index (χ1) is 10.2. The molecule has 0 radical (unpaired) electrons. The number of rotatable bonds is 4. The van der Waals surface area contributed by atoms with E-state index < -0.39 is 43.0 Å². The molecule has 0 aliphatic carbocycles. The van der Waals surface area contributed by atoms with E-state index in [0.717, 1.165) is 24.3 Å². The zero-order valence-corrected chi connectivity index (χ0v) is 11.4. The van der Waals surface area contributed by atoms with Crippen molar-refractivity contribution in [1.29, 1.82) is 0 Å². The maximum absolute atomic E-state index is 13.5. The van der Waals surface area contributed by atoms with Crippen molar-refractivity contribution in [2.24, 2.45) is 0 Å². The topological polar surface area (TPSA) is 89.3 Å². The highest BCUT2D eigenvalue weighted by Crippen LogP contribution is 2.25. The Morgan fingerprint density at radius 1 is 1.05 bits per heavy atom. The number of anilines is 1. The van der Waals surface area contributed by atoms with Gasteiger partial charge in [-0.15, -0.1) is 0 Å². The predicted octanol–water partition coefficient (Wildman–Crippen LogP) is 2.81. The molecule has 0 unspecified atom stereocenters. The third-order valence-corrected chi connectivity index (χ3v) is 4.00. The maximum Gasteiger partial charge on any atom is 0.306 e. The smallest absolute Gasteiger partial charge is 0.279 e. The number of nitro groups is 1. The summed E-state index contributed by atoms with van der Waals surface area (Å²) in [7, 11) is -4.53. The van der Waals surface area contributed by atoms with Crippen LogP contribution in [0.1, 0.15) is 0 Å². The highest BCUT2D eigenvalue weighted by molar-refractivity contribution is 7.92. The van der Waals surface area contributed by atoms with Gasteiger partial charge in [-0.3, -0.25) is 14.8 Å². The van der Waals surface area contributed by atoms with Crippen molar-refractivity contribution in [2.45, 2.75) is 4.90 Å². The molecule has 0 aromatic heterocycles. The van der Waals surface area contributed by atoms with Crippen LogP contribution in [-0.2, 0) is 10.0 Å². The lowest BCUT2D eigenvalue weighted by Crippen LogP contribution is -2.15. The molecular weight excluding hydrogens is 325 g/mol. The number of sulfonamides is 1. The second-order valence-electron chi connectivity index (χ2n) is 4.08. The average molecular weight is 332 g/mol. The molecule has 0 saturated heterocycles. The van der Waals surface area contributed by atoms with Gasteiger partial charge in [-0.2, -0.15) is 4.39 Å². The van der Waals surface area contributed by atoms with Gasteiger partial charge >= 0.3 is 5.69 Å². The molecule has 10 heteroatoms. The lowest BCUT2D eigenvalue weighted by molar-refractivity contribution is -0.387. The molecule has 0 amide bonds. The van der Waals surface area contributed by atoms with E-state index >= 15 is 0 Å². The molecule has 22 heavy (non-hydrogen) atoms. The van der Waals surface area contributed by atoms with Crippen LogP contribution in [0.2, 0.25) is 0 Å². The summed E-state index contributed by atoms with van der Waals surface area (Å²) in [5.41, 5.74) is -1.32. The first-order valence-electron chi connectivity index (χ1n) is 5.63. The third kappa shape index (κ3) is 3.01. The van der Waals surface area contributed by atoms with Crippen LogP contribution in [0.5, 0.6) is 0 Å². The molecule has 0 aliphatic heterocycles. The van der Waals surface area contributed by atoms with E-state index in [1.165, 1.54) is 0 Å². The summed E-state index contributed by atoms with van der Waals surface area (Å²) in [5.74, 6) is -4.12. The Morgan fingerprint density at radius 2 is 1.73 bits per heavy atom. The molecule has 0 bridgehead atoms. The van der Waals surface area contributed by atoms with E-state index in [4.69, 9.17) is 0 Å². The molecule has 0 fully saturated rings. The lowest BCUT2D eigenvalue weighted by atomic mass is 10.3. The molecule has 1 N–H and O–H groups in total. The molecule has 0 atom stereocenters. The Morgan fingerprint density at radius 3 is 2.36 bits per heavy atom. The summed E-state index contributed by atoms with van der Waals surface area (Å²) in [4.78, 5) is 8.57. The normalized spacial score (nSPS) is 11.2. The standard InChI is InChI=1S/C12H7F3N2O4S/c13-8-5-4-7(6-10(8)17(18)19)16-22(20,21)11-3-1-2-9(14)12(11)15/h1-6,16H. The number of halogens is 3. The maximum atomic E-state index is 13.5. The summed E-state index contributed by atoms with van der Waals surface area (Å²) >= 11 is 0. The van der Waals surface area contributed by atoms with Crippen molar-refractivity contribution in [2.75, 3.05) is 4.72 Å². The van der Waals surface area contributed by atoms with Crippen molar-refractivity contribution < 1.29 is 26.5 Å². The van der Waals surface area contributed by atoms with Gasteiger partial charge in [-0.25, -0.2) is 17.2 Å². The quantitative estimate of drug-likeness (QED) is 0.689. The average Bonchev–Trinajstić information content (AvgIpc) is 2.43. The second kappa shape index (κ2) is 5.64. The Kier molecular flexibility index (Phi) is 4.04.